The number of amides is 1. The topological polar surface area (TPSA) is 67.9 Å². The summed E-state index contributed by atoms with van der Waals surface area (Å²) < 4.78 is 10.1. The molecule has 6 nitrogen and oxygen atoms in total. The van der Waals surface area contributed by atoms with Crippen molar-refractivity contribution in [2.75, 3.05) is 20.8 Å². The summed E-state index contributed by atoms with van der Waals surface area (Å²) in [5.41, 5.74) is 2.87. The molecular weight excluding hydrogens is 356 g/mol. The number of methoxy groups -OCH3 is 2. The second-order valence-corrected chi connectivity index (χ2v) is 7.09. The van der Waals surface area contributed by atoms with Crippen LogP contribution in [-0.4, -0.2) is 49.6 Å². The van der Waals surface area contributed by atoms with E-state index in [1.54, 1.807) is 31.4 Å². The van der Waals surface area contributed by atoms with E-state index < -0.39 is 0 Å². The van der Waals surface area contributed by atoms with Crippen molar-refractivity contribution in [1.82, 2.24) is 10.2 Å². The Hall–Kier alpha value is -2.86. The minimum atomic E-state index is -0.369. The van der Waals surface area contributed by atoms with Crippen LogP contribution in [0.2, 0.25) is 0 Å². The molecule has 0 bridgehead atoms. The Kier molecular flexibility index (Phi) is 6.31. The van der Waals surface area contributed by atoms with Gasteiger partial charge in [0.2, 0.25) is 0 Å². The first-order valence-electron chi connectivity index (χ1n) is 9.32. The molecule has 28 heavy (non-hydrogen) atoms. The quantitative estimate of drug-likeness (QED) is 0.778. The molecule has 148 valence electrons. The van der Waals surface area contributed by atoms with Crippen LogP contribution in [-0.2, 0) is 16.1 Å². The molecule has 3 rings (SSSR count). The van der Waals surface area contributed by atoms with Crippen molar-refractivity contribution in [3.8, 4) is 5.75 Å². The molecule has 2 aromatic rings. The van der Waals surface area contributed by atoms with Gasteiger partial charge in [-0.25, -0.2) is 0 Å². The van der Waals surface area contributed by atoms with E-state index >= 15 is 0 Å². The number of likely N-dealkylation sites (tertiary alicyclic amines) is 1. The molecule has 1 amide bonds. The van der Waals surface area contributed by atoms with Gasteiger partial charge in [0.25, 0.3) is 5.91 Å². The highest BCUT2D eigenvalue weighted by Crippen LogP contribution is 2.23. The van der Waals surface area contributed by atoms with E-state index in [4.69, 9.17) is 9.47 Å². The molecule has 0 saturated carbocycles. The lowest BCUT2D eigenvalue weighted by atomic mass is 10.1. The first kappa shape index (κ1) is 19.9. The molecule has 1 N–H and O–H groups in total. The van der Waals surface area contributed by atoms with Gasteiger partial charge in [-0.2, -0.15) is 0 Å². The molecule has 1 aliphatic rings. The monoisotopic (exact) mass is 382 g/mol. The number of carbonyl (C=O) groups excluding carboxylic acids is 2. The summed E-state index contributed by atoms with van der Waals surface area (Å²) in [6.45, 7) is 3.27. The maximum atomic E-state index is 12.6. The highest BCUT2D eigenvalue weighted by molar-refractivity contribution is 5.94. The zero-order valence-electron chi connectivity index (χ0n) is 16.5. The third kappa shape index (κ3) is 4.70. The lowest BCUT2D eigenvalue weighted by Crippen LogP contribution is -2.37. The van der Waals surface area contributed by atoms with E-state index in [0.29, 0.717) is 30.8 Å². The second kappa shape index (κ2) is 8.89. The second-order valence-electron chi connectivity index (χ2n) is 7.09. The molecule has 0 spiro atoms. The van der Waals surface area contributed by atoms with Gasteiger partial charge in [0.1, 0.15) is 11.8 Å². The van der Waals surface area contributed by atoms with Crippen LogP contribution < -0.4 is 10.1 Å². The fourth-order valence-corrected chi connectivity index (χ4v) is 3.62. The summed E-state index contributed by atoms with van der Waals surface area (Å²) in [7, 11) is 2.99. The van der Waals surface area contributed by atoms with Gasteiger partial charge in [0, 0.05) is 24.7 Å². The molecule has 2 aromatic carbocycles. The maximum absolute atomic E-state index is 12.6. The summed E-state index contributed by atoms with van der Waals surface area (Å²) >= 11 is 0. The van der Waals surface area contributed by atoms with Gasteiger partial charge in [-0.3, -0.25) is 14.5 Å². The Bertz CT molecular complexity index is 835. The van der Waals surface area contributed by atoms with E-state index in [1.165, 1.54) is 12.7 Å². The number of nitrogens with zero attached hydrogens (tertiary/aromatic N) is 1. The molecule has 1 aliphatic heterocycles. The highest BCUT2D eigenvalue weighted by atomic mass is 16.5. The van der Waals surface area contributed by atoms with Gasteiger partial charge in [-0.1, -0.05) is 29.8 Å². The van der Waals surface area contributed by atoms with Crippen LogP contribution in [0, 0.1) is 6.92 Å². The van der Waals surface area contributed by atoms with E-state index in [2.05, 4.69) is 16.3 Å². The predicted octanol–water partition coefficient (Wildman–Crippen LogP) is 2.55. The molecule has 6 heteroatoms. The smallest absolute Gasteiger partial charge is 0.323 e. The molecular formula is C22H26N2O4. The standard InChI is InChI=1S/C22H26N2O4/c1-15-5-4-6-16(11-15)13-24-14-18(12-20(24)22(26)28-3)23-21(25)17-7-9-19(27-2)10-8-17/h4-11,18,20H,12-14H2,1-3H3,(H,23,25)/t18-,20+/m1/s1. The van der Waals surface area contributed by atoms with Crippen molar-refractivity contribution < 1.29 is 19.1 Å². The molecule has 0 unspecified atom stereocenters. The Balaban J connectivity index is 1.68. The van der Waals surface area contributed by atoms with Gasteiger partial charge >= 0.3 is 5.97 Å². The average molecular weight is 382 g/mol. The van der Waals surface area contributed by atoms with Gasteiger partial charge in [0.05, 0.1) is 14.2 Å². The van der Waals surface area contributed by atoms with Crippen LogP contribution in [0.25, 0.3) is 0 Å². The van der Waals surface area contributed by atoms with E-state index in [1.807, 2.05) is 25.1 Å². The Morgan fingerprint density at radius 1 is 1.14 bits per heavy atom. The van der Waals surface area contributed by atoms with E-state index in [-0.39, 0.29) is 24.0 Å². The summed E-state index contributed by atoms with van der Waals surface area (Å²) in [5.74, 6) is 0.273. The minimum absolute atomic E-state index is 0.122. The fraction of sp³-hybridized carbons (Fsp3) is 0.364. The van der Waals surface area contributed by atoms with Gasteiger partial charge in [-0.15, -0.1) is 0 Å². The molecule has 2 atom stereocenters. The number of hydrogen-bond acceptors (Lipinski definition) is 5. The number of aryl methyl sites for hydroxylation is 1. The number of rotatable bonds is 6. The molecule has 0 radical (unpaired) electrons. The Morgan fingerprint density at radius 2 is 1.89 bits per heavy atom. The third-order valence-electron chi connectivity index (χ3n) is 5.03. The lowest BCUT2D eigenvalue weighted by molar-refractivity contribution is -0.146. The highest BCUT2D eigenvalue weighted by Gasteiger charge is 2.38. The van der Waals surface area contributed by atoms with Crippen molar-refractivity contribution in [2.45, 2.75) is 32.0 Å². The first-order chi connectivity index (χ1) is 13.5. The number of benzene rings is 2. The van der Waals surface area contributed by atoms with Crippen LogP contribution in [0.5, 0.6) is 5.75 Å². The molecule has 1 fully saturated rings. The minimum Gasteiger partial charge on any atom is -0.497 e. The van der Waals surface area contributed by atoms with Crippen LogP contribution in [0.15, 0.2) is 48.5 Å². The number of carbonyl (C=O) groups is 2. The lowest BCUT2D eigenvalue weighted by Gasteiger charge is -2.22. The molecule has 0 aliphatic carbocycles. The summed E-state index contributed by atoms with van der Waals surface area (Å²) in [5, 5.41) is 3.04. The van der Waals surface area contributed by atoms with Gasteiger partial charge < -0.3 is 14.8 Å². The molecule has 1 heterocycles. The first-order valence-corrected chi connectivity index (χ1v) is 9.32. The number of hydrogen-bond donors (Lipinski definition) is 1. The van der Waals surface area contributed by atoms with E-state index in [9.17, 15) is 9.59 Å². The van der Waals surface area contributed by atoms with Crippen LogP contribution in [0.4, 0.5) is 0 Å². The molecule has 0 aromatic heterocycles. The van der Waals surface area contributed by atoms with Crippen LogP contribution >= 0.6 is 0 Å². The largest absolute Gasteiger partial charge is 0.497 e. The average Bonchev–Trinajstić information content (AvgIpc) is 3.09. The zero-order valence-corrected chi connectivity index (χ0v) is 16.5. The summed E-state index contributed by atoms with van der Waals surface area (Å²) in [6, 6.07) is 14.7. The van der Waals surface area contributed by atoms with E-state index in [0.717, 1.165) is 5.56 Å². The summed E-state index contributed by atoms with van der Waals surface area (Å²) in [6.07, 6.45) is 0.528. The maximum Gasteiger partial charge on any atom is 0.323 e. The predicted molar refractivity (Wildman–Crippen MR) is 106 cm³/mol. The Morgan fingerprint density at radius 3 is 2.54 bits per heavy atom. The molecule has 1 saturated heterocycles. The summed E-state index contributed by atoms with van der Waals surface area (Å²) in [4.78, 5) is 26.9. The normalized spacial score (nSPS) is 19.2. The SMILES string of the molecule is COC(=O)[C@@H]1C[C@@H](NC(=O)c2ccc(OC)cc2)CN1Cc1cccc(C)c1. The fourth-order valence-electron chi connectivity index (χ4n) is 3.62. The number of esters is 1. The van der Waals surface area contributed by atoms with Gasteiger partial charge in [0.15, 0.2) is 0 Å². The van der Waals surface area contributed by atoms with Gasteiger partial charge in [-0.05, 0) is 43.2 Å². The van der Waals surface area contributed by atoms with Crippen molar-refractivity contribution in [3.63, 3.8) is 0 Å². The van der Waals surface area contributed by atoms with Crippen LogP contribution in [0.1, 0.15) is 27.9 Å². The van der Waals surface area contributed by atoms with Crippen LogP contribution in [0.3, 0.4) is 0 Å². The zero-order chi connectivity index (χ0) is 20.1. The van der Waals surface area contributed by atoms with Crippen molar-refractivity contribution in [1.29, 1.82) is 0 Å². The van der Waals surface area contributed by atoms with Crippen molar-refractivity contribution in [2.24, 2.45) is 0 Å². The third-order valence-corrected chi connectivity index (χ3v) is 5.03. The number of nitrogens with one attached hydrogen (secondary N) is 1. The van der Waals surface area contributed by atoms with Crippen molar-refractivity contribution in [3.05, 3.63) is 65.2 Å². The van der Waals surface area contributed by atoms with Crippen molar-refractivity contribution >= 4 is 11.9 Å². The number of ether oxygens (including phenoxy) is 2. The Labute approximate surface area is 165 Å².